The molecule has 1 aliphatic rings. The molecule has 1 amide bonds. The third-order valence-electron chi connectivity index (χ3n) is 6.19. The Balaban J connectivity index is 1.67. The number of aromatic amines is 1. The van der Waals surface area contributed by atoms with E-state index in [1.165, 1.54) is 0 Å². The molecule has 0 bridgehead atoms. The molecular formula is C27H24ClN3O3. The predicted molar refractivity (Wildman–Crippen MR) is 131 cm³/mol. The highest BCUT2D eigenvalue weighted by atomic mass is 35.5. The predicted octanol–water partition coefficient (Wildman–Crippen LogP) is 5.80. The molecule has 3 aromatic carbocycles. The number of carbonyl (C=O) groups is 1. The lowest BCUT2D eigenvalue weighted by atomic mass is 9.94. The third kappa shape index (κ3) is 3.80. The van der Waals surface area contributed by atoms with Crippen LogP contribution in [0, 0.1) is 6.92 Å². The van der Waals surface area contributed by atoms with Crippen molar-refractivity contribution in [3.63, 3.8) is 0 Å². The Morgan fingerprint density at radius 3 is 2.41 bits per heavy atom. The van der Waals surface area contributed by atoms with Crippen molar-refractivity contribution in [3.05, 3.63) is 99.7 Å². The first-order valence-electron chi connectivity index (χ1n) is 10.9. The van der Waals surface area contributed by atoms with Crippen LogP contribution in [0.15, 0.2) is 66.7 Å². The Morgan fingerprint density at radius 2 is 1.74 bits per heavy atom. The number of halogens is 1. The quantitative estimate of drug-likeness (QED) is 0.384. The van der Waals surface area contributed by atoms with Crippen LogP contribution in [-0.2, 0) is 6.54 Å². The van der Waals surface area contributed by atoms with Gasteiger partial charge in [0.2, 0.25) is 0 Å². The summed E-state index contributed by atoms with van der Waals surface area (Å²) in [4.78, 5) is 15.5. The Kier molecular flexibility index (Phi) is 5.75. The molecule has 0 spiro atoms. The van der Waals surface area contributed by atoms with Gasteiger partial charge in [-0.25, -0.2) is 0 Å². The summed E-state index contributed by atoms with van der Waals surface area (Å²) < 4.78 is 11.1. The molecule has 2 heterocycles. The van der Waals surface area contributed by atoms with Crippen molar-refractivity contribution in [1.29, 1.82) is 0 Å². The molecule has 0 radical (unpaired) electrons. The van der Waals surface area contributed by atoms with Gasteiger partial charge in [-0.15, -0.1) is 0 Å². The van der Waals surface area contributed by atoms with Crippen molar-refractivity contribution in [1.82, 2.24) is 15.1 Å². The first-order valence-corrected chi connectivity index (χ1v) is 11.3. The van der Waals surface area contributed by atoms with E-state index in [0.29, 0.717) is 28.8 Å². The Labute approximate surface area is 203 Å². The maximum Gasteiger partial charge on any atom is 0.273 e. The molecule has 1 aromatic heterocycles. The zero-order valence-electron chi connectivity index (χ0n) is 19.1. The average Bonchev–Trinajstić information content (AvgIpc) is 3.40. The fraction of sp³-hybridized carbons (Fsp3) is 0.185. The Bertz CT molecular complexity index is 1350. The molecule has 7 heteroatoms. The molecule has 6 nitrogen and oxygen atoms in total. The number of carbonyl (C=O) groups excluding carboxylic acids is 1. The highest BCUT2D eigenvalue weighted by Gasteiger charge is 2.43. The minimum absolute atomic E-state index is 0.112. The van der Waals surface area contributed by atoms with E-state index in [2.05, 4.69) is 10.2 Å². The minimum atomic E-state index is -0.394. The van der Waals surface area contributed by atoms with E-state index in [0.717, 1.165) is 33.5 Å². The summed E-state index contributed by atoms with van der Waals surface area (Å²) in [6.07, 6.45) is 0. The summed E-state index contributed by atoms with van der Waals surface area (Å²) in [5, 5.41) is 8.21. The minimum Gasteiger partial charge on any atom is -0.497 e. The molecule has 34 heavy (non-hydrogen) atoms. The standard InChI is InChI=1S/C27H24ClN3O3/c1-16-4-8-18(9-5-16)24-23-25(30-29-24)27(32)31(15-17-6-10-19(28)11-7-17)26(23)21-13-12-20(33-2)14-22(21)34-3/h4-14,26H,15H2,1-3H3,(H,29,30). The SMILES string of the molecule is COc1ccc(C2c3c(-c4ccc(C)cc4)n[nH]c3C(=O)N2Cc2ccc(Cl)cc2)c(OC)c1. The zero-order chi connectivity index (χ0) is 23.8. The average molecular weight is 474 g/mol. The van der Waals surface area contributed by atoms with E-state index in [4.69, 9.17) is 21.1 Å². The first-order chi connectivity index (χ1) is 16.5. The van der Waals surface area contributed by atoms with Crippen molar-refractivity contribution >= 4 is 17.5 Å². The van der Waals surface area contributed by atoms with Crippen LogP contribution in [0.1, 0.15) is 38.8 Å². The lowest BCUT2D eigenvalue weighted by molar-refractivity contribution is 0.0728. The van der Waals surface area contributed by atoms with Crippen LogP contribution >= 0.6 is 11.6 Å². The van der Waals surface area contributed by atoms with Crippen LogP contribution in [0.5, 0.6) is 11.5 Å². The number of ether oxygens (including phenoxy) is 2. The number of amides is 1. The van der Waals surface area contributed by atoms with E-state index in [9.17, 15) is 4.79 Å². The van der Waals surface area contributed by atoms with Gasteiger partial charge in [-0.2, -0.15) is 5.10 Å². The molecule has 0 saturated heterocycles. The number of nitrogens with zero attached hydrogens (tertiary/aromatic N) is 2. The maximum atomic E-state index is 13.6. The van der Waals surface area contributed by atoms with Crippen molar-refractivity contribution in [2.75, 3.05) is 14.2 Å². The summed E-state index contributed by atoms with van der Waals surface area (Å²) in [6.45, 7) is 2.45. The fourth-order valence-corrected chi connectivity index (χ4v) is 4.57. The van der Waals surface area contributed by atoms with Gasteiger partial charge in [0.15, 0.2) is 0 Å². The highest BCUT2D eigenvalue weighted by molar-refractivity contribution is 6.30. The maximum absolute atomic E-state index is 13.6. The Hall–Kier alpha value is -3.77. The van der Waals surface area contributed by atoms with Gasteiger partial charge < -0.3 is 14.4 Å². The molecule has 1 unspecified atom stereocenters. The second-order valence-electron chi connectivity index (χ2n) is 8.30. The van der Waals surface area contributed by atoms with E-state index in [-0.39, 0.29) is 5.91 Å². The number of methoxy groups -OCH3 is 2. The van der Waals surface area contributed by atoms with Crippen molar-refractivity contribution < 1.29 is 14.3 Å². The lowest BCUT2D eigenvalue weighted by Gasteiger charge is -2.28. The largest absolute Gasteiger partial charge is 0.497 e. The molecule has 0 aliphatic carbocycles. The number of benzene rings is 3. The normalized spacial score (nSPS) is 14.9. The molecule has 1 N–H and O–H groups in total. The smallest absolute Gasteiger partial charge is 0.273 e. The number of rotatable bonds is 6. The second kappa shape index (κ2) is 8.88. The van der Waals surface area contributed by atoms with Crippen molar-refractivity contribution in [2.24, 2.45) is 0 Å². The van der Waals surface area contributed by atoms with Gasteiger partial charge >= 0.3 is 0 Å². The van der Waals surface area contributed by atoms with E-state index < -0.39 is 6.04 Å². The van der Waals surface area contributed by atoms with Gasteiger partial charge in [0.05, 0.1) is 26.0 Å². The van der Waals surface area contributed by atoms with Gasteiger partial charge in [-0.3, -0.25) is 9.89 Å². The van der Waals surface area contributed by atoms with Crippen LogP contribution in [0.2, 0.25) is 5.02 Å². The molecule has 5 rings (SSSR count). The van der Waals surface area contributed by atoms with Crippen LogP contribution in [0.25, 0.3) is 11.3 Å². The van der Waals surface area contributed by atoms with Gasteiger partial charge in [0.1, 0.15) is 17.2 Å². The zero-order valence-corrected chi connectivity index (χ0v) is 19.9. The summed E-state index contributed by atoms with van der Waals surface area (Å²) in [5.41, 5.74) is 6.03. The molecule has 0 saturated carbocycles. The number of fused-ring (bicyclic) bond motifs is 1. The molecule has 172 valence electrons. The molecule has 0 fully saturated rings. The first kappa shape index (κ1) is 22.0. The molecule has 4 aromatic rings. The van der Waals surface area contributed by atoms with Gasteiger partial charge in [0.25, 0.3) is 5.91 Å². The number of hydrogen-bond acceptors (Lipinski definition) is 4. The molecule has 1 aliphatic heterocycles. The highest BCUT2D eigenvalue weighted by Crippen LogP contribution is 2.46. The number of H-pyrrole nitrogens is 1. The third-order valence-corrected chi connectivity index (χ3v) is 6.44. The van der Waals surface area contributed by atoms with E-state index in [1.807, 2.05) is 78.6 Å². The monoisotopic (exact) mass is 473 g/mol. The molecular weight excluding hydrogens is 450 g/mol. The van der Waals surface area contributed by atoms with Gasteiger partial charge in [-0.05, 0) is 36.8 Å². The summed E-state index contributed by atoms with van der Waals surface area (Å²) in [5.74, 6) is 1.21. The summed E-state index contributed by atoms with van der Waals surface area (Å²) in [6, 6.07) is 21.0. The van der Waals surface area contributed by atoms with Gasteiger partial charge in [0, 0.05) is 34.3 Å². The van der Waals surface area contributed by atoms with Gasteiger partial charge in [-0.1, -0.05) is 53.6 Å². The fourth-order valence-electron chi connectivity index (χ4n) is 4.45. The Morgan fingerprint density at radius 1 is 1.00 bits per heavy atom. The van der Waals surface area contributed by atoms with Crippen LogP contribution in [-0.4, -0.2) is 35.2 Å². The van der Waals surface area contributed by atoms with Crippen molar-refractivity contribution in [3.8, 4) is 22.8 Å². The molecule has 1 atom stereocenters. The number of hydrogen-bond donors (Lipinski definition) is 1. The van der Waals surface area contributed by atoms with Crippen LogP contribution in [0.4, 0.5) is 0 Å². The van der Waals surface area contributed by atoms with Crippen molar-refractivity contribution in [2.45, 2.75) is 19.5 Å². The summed E-state index contributed by atoms with van der Waals surface area (Å²) >= 11 is 6.08. The number of aromatic nitrogens is 2. The van der Waals surface area contributed by atoms with E-state index >= 15 is 0 Å². The number of nitrogens with one attached hydrogen (secondary N) is 1. The van der Waals surface area contributed by atoms with E-state index in [1.54, 1.807) is 14.2 Å². The van der Waals surface area contributed by atoms with Crippen LogP contribution in [0.3, 0.4) is 0 Å². The summed E-state index contributed by atoms with van der Waals surface area (Å²) in [7, 11) is 3.24. The van der Waals surface area contributed by atoms with Crippen LogP contribution < -0.4 is 9.47 Å². The lowest BCUT2D eigenvalue weighted by Crippen LogP contribution is -2.29. The topological polar surface area (TPSA) is 67.5 Å². The number of aryl methyl sites for hydroxylation is 1. The second-order valence-corrected chi connectivity index (χ2v) is 8.73.